The standard InChI is InChI=1S/C31H39NO6/c1-4-5-18-28(36-3)29-25-19-24(32-37-21-23-15-11-9-12-16-23)17-13-8-6-7-10-14-22(2)38-31(35)30(25)27(34)20-26(29)33/h7,9-13,15-17,20,22,28,33-34H,4-6,8,14,18-19,21H2,1-3H3/b10-7+,17-13+,32-24-/t22-,28?/m1/s1. The van der Waals surface area contributed by atoms with E-state index in [4.69, 9.17) is 14.3 Å². The number of allylic oxidation sites excluding steroid dienone is 3. The molecule has 0 spiro atoms. The number of hydrogen-bond donors (Lipinski definition) is 2. The molecule has 0 bridgehead atoms. The van der Waals surface area contributed by atoms with Crippen molar-refractivity contribution >= 4 is 11.7 Å². The van der Waals surface area contributed by atoms with Crippen LogP contribution >= 0.6 is 0 Å². The lowest BCUT2D eigenvalue weighted by Crippen LogP contribution is -2.20. The zero-order valence-corrected chi connectivity index (χ0v) is 22.6. The number of phenolic OH excluding ortho intramolecular Hbond substituents is 2. The number of rotatable bonds is 8. The van der Waals surface area contributed by atoms with Gasteiger partial charge in [0.05, 0.1) is 11.8 Å². The van der Waals surface area contributed by atoms with E-state index < -0.39 is 12.1 Å². The summed E-state index contributed by atoms with van der Waals surface area (Å²) in [4.78, 5) is 19.1. The minimum Gasteiger partial charge on any atom is -0.507 e. The lowest BCUT2D eigenvalue weighted by molar-refractivity contribution is 0.0342. The number of carbonyl (C=O) groups excluding carboxylic acids is 1. The summed E-state index contributed by atoms with van der Waals surface area (Å²) in [6.45, 7) is 4.17. The average Bonchev–Trinajstić information content (AvgIpc) is 2.89. The Balaban J connectivity index is 2.11. The number of benzene rings is 2. The third-order valence-electron chi connectivity index (χ3n) is 6.43. The topological polar surface area (TPSA) is 97.6 Å². The molecule has 1 aliphatic rings. The molecule has 0 aromatic heterocycles. The molecule has 0 saturated heterocycles. The van der Waals surface area contributed by atoms with E-state index in [2.05, 4.69) is 18.2 Å². The van der Waals surface area contributed by atoms with Gasteiger partial charge < -0.3 is 24.5 Å². The molecule has 2 N–H and O–H groups in total. The number of ether oxygens (including phenoxy) is 2. The molecular formula is C31H39NO6. The van der Waals surface area contributed by atoms with Crippen molar-refractivity contribution < 1.29 is 29.3 Å². The molecule has 2 aromatic rings. The first-order valence-corrected chi connectivity index (χ1v) is 13.3. The Labute approximate surface area is 225 Å². The predicted octanol–water partition coefficient (Wildman–Crippen LogP) is 6.93. The van der Waals surface area contributed by atoms with Crippen molar-refractivity contribution in [2.45, 2.75) is 77.6 Å². The second kappa shape index (κ2) is 15.0. The summed E-state index contributed by atoms with van der Waals surface area (Å²) in [6, 6.07) is 10.9. The van der Waals surface area contributed by atoms with Gasteiger partial charge >= 0.3 is 5.97 Å². The first-order valence-electron chi connectivity index (χ1n) is 13.3. The van der Waals surface area contributed by atoms with E-state index in [1.54, 1.807) is 7.11 Å². The van der Waals surface area contributed by atoms with Crippen molar-refractivity contribution in [1.82, 2.24) is 0 Å². The van der Waals surface area contributed by atoms with Crippen LogP contribution in [0.5, 0.6) is 11.5 Å². The highest BCUT2D eigenvalue weighted by Gasteiger charge is 2.29. The minimum absolute atomic E-state index is 0.00777. The van der Waals surface area contributed by atoms with E-state index in [-0.39, 0.29) is 36.2 Å². The van der Waals surface area contributed by atoms with Gasteiger partial charge in [0.1, 0.15) is 29.8 Å². The van der Waals surface area contributed by atoms with Gasteiger partial charge in [0.15, 0.2) is 0 Å². The molecule has 1 heterocycles. The third kappa shape index (κ3) is 8.21. The first kappa shape index (κ1) is 29.0. The molecule has 38 heavy (non-hydrogen) atoms. The molecule has 0 amide bonds. The van der Waals surface area contributed by atoms with E-state index in [0.717, 1.165) is 31.2 Å². The summed E-state index contributed by atoms with van der Waals surface area (Å²) in [5.74, 6) is -1.14. The van der Waals surface area contributed by atoms with E-state index in [0.29, 0.717) is 29.7 Å². The molecule has 2 aromatic carbocycles. The Bertz CT molecular complexity index is 1140. The number of fused-ring (bicyclic) bond motifs is 1. The van der Waals surface area contributed by atoms with Crippen molar-refractivity contribution in [2.24, 2.45) is 5.16 Å². The highest BCUT2D eigenvalue weighted by Crippen LogP contribution is 2.40. The second-order valence-electron chi connectivity index (χ2n) is 9.47. The maximum Gasteiger partial charge on any atom is 0.342 e. The predicted molar refractivity (Wildman–Crippen MR) is 148 cm³/mol. The molecular weight excluding hydrogens is 482 g/mol. The fourth-order valence-corrected chi connectivity index (χ4v) is 4.44. The van der Waals surface area contributed by atoms with Gasteiger partial charge in [-0.1, -0.05) is 73.5 Å². The van der Waals surface area contributed by atoms with Gasteiger partial charge in [-0.15, -0.1) is 0 Å². The molecule has 1 aliphatic heterocycles. The maximum absolute atomic E-state index is 13.4. The number of carbonyl (C=O) groups is 1. The summed E-state index contributed by atoms with van der Waals surface area (Å²) in [5, 5.41) is 26.2. The molecule has 204 valence electrons. The highest BCUT2D eigenvalue weighted by atomic mass is 16.6. The first-order chi connectivity index (χ1) is 18.4. The quantitative estimate of drug-likeness (QED) is 0.222. The SMILES string of the molecule is CCCCC(OC)c1c(O)cc(O)c2c1CC(=N\OCc1ccccc1)/C=C/CC/C=C/C[C@@H](C)OC2=O. The lowest BCUT2D eigenvalue weighted by Gasteiger charge is -2.24. The van der Waals surface area contributed by atoms with E-state index >= 15 is 0 Å². The molecule has 3 rings (SSSR count). The van der Waals surface area contributed by atoms with Crippen LogP contribution in [0.25, 0.3) is 0 Å². The minimum atomic E-state index is -0.657. The summed E-state index contributed by atoms with van der Waals surface area (Å²) >= 11 is 0. The zero-order valence-electron chi connectivity index (χ0n) is 22.6. The fraction of sp³-hybridized carbons (Fsp3) is 0.419. The van der Waals surface area contributed by atoms with Crippen LogP contribution in [-0.4, -0.2) is 35.1 Å². The molecule has 7 nitrogen and oxygen atoms in total. The normalized spacial score (nSPS) is 20.1. The van der Waals surface area contributed by atoms with Crippen LogP contribution in [0.1, 0.15) is 85.5 Å². The second-order valence-corrected chi connectivity index (χ2v) is 9.47. The number of methoxy groups -OCH3 is 1. The van der Waals surface area contributed by atoms with E-state index in [9.17, 15) is 15.0 Å². The van der Waals surface area contributed by atoms with Crippen LogP contribution in [0.4, 0.5) is 0 Å². The highest BCUT2D eigenvalue weighted by molar-refractivity contribution is 6.01. The van der Waals surface area contributed by atoms with Crippen molar-refractivity contribution in [3.8, 4) is 11.5 Å². The molecule has 0 fully saturated rings. The molecule has 1 unspecified atom stereocenters. The van der Waals surface area contributed by atoms with Gasteiger partial charge in [-0.3, -0.25) is 0 Å². The van der Waals surface area contributed by atoms with Crippen molar-refractivity contribution in [3.05, 3.63) is 83.0 Å². The molecule has 0 radical (unpaired) electrons. The van der Waals surface area contributed by atoms with Gasteiger partial charge in [0, 0.05) is 31.6 Å². The van der Waals surface area contributed by atoms with Gasteiger partial charge in [0.2, 0.25) is 0 Å². The van der Waals surface area contributed by atoms with Crippen LogP contribution in [-0.2, 0) is 27.3 Å². The smallest absolute Gasteiger partial charge is 0.342 e. The van der Waals surface area contributed by atoms with Crippen LogP contribution < -0.4 is 0 Å². The average molecular weight is 522 g/mol. The molecule has 2 atom stereocenters. The number of unbranched alkanes of at least 4 members (excludes halogenated alkanes) is 1. The Morgan fingerprint density at radius 2 is 1.87 bits per heavy atom. The number of nitrogens with zero attached hydrogens (tertiary/aromatic N) is 1. The number of phenols is 2. The number of esters is 1. The Hall–Kier alpha value is -3.58. The Morgan fingerprint density at radius 1 is 1.11 bits per heavy atom. The van der Waals surface area contributed by atoms with Crippen molar-refractivity contribution in [1.29, 1.82) is 0 Å². The summed E-state index contributed by atoms with van der Waals surface area (Å²) < 4.78 is 11.5. The number of aromatic hydroxyl groups is 2. The summed E-state index contributed by atoms with van der Waals surface area (Å²) in [7, 11) is 1.58. The third-order valence-corrected chi connectivity index (χ3v) is 6.43. The van der Waals surface area contributed by atoms with Crippen molar-refractivity contribution in [3.63, 3.8) is 0 Å². The molecule has 0 saturated carbocycles. The number of cyclic esters (lactones) is 1. The fourth-order valence-electron chi connectivity index (χ4n) is 4.44. The van der Waals surface area contributed by atoms with Gasteiger partial charge in [0.25, 0.3) is 0 Å². The summed E-state index contributed by atoms with van der Waals surface area (Å²) in [6.07, 6.45) is 11.8. The maximum atomic E-state index is 13.4. The van der Waals surface area contributed by atoms with E-state index in [1.807, 2.05) is 55.5 Å². The largest absolute Gasteiger partial charge is 0.507 e. The van der Waals surface area contributed by atoms with E-state index in [1.165, 1.54) is 6.07 Å². The van der Waals surface area contributed by atoms with Crippen LogP contribution in [0.2, 0.25) is 0 Å². The molecule has 0 aliphatic carbocycles. The molecule has 7 heteroatoms. The Kier molecular flexibility index (Phi) is 11.4. The number of oxime groups is 1. The zero-order chi connectivity index (χ0) is 27.3. The monoisotopic (exact) mass is 521 g/mol. The summed E-state index contributed by atoms with van der Waals surface area (Å²) in [5.41, 5.74) is 2.39. The number of hydrogen-bond acceptors (Lipinski definition) is 7. The van der Waals surface area contributed by atoms with Gasteiger partial charge in [-0.2, -0.15) is 0 Å². The van der Waals surface area contributed by atoms with Gasteiger partial charge in [-0.05, 0) is 43.4 Å². The van der Waals surface area contributed by atoms with Gasteiger partial charge in [-0.25, -0.2) is 4.79 Å². The van der Waals surface area contributed by atoms with Crippen LogP contribution in [0.3, 0.4) is 0 Å². The lowest BCUT2D eigenvalue weighted by atomic mass is 9.89. The van der Waals surface area contributed by atoms with Crippen LogP contribution in [0, 0.1) is 0 Å². The van der Waals surface area contributed by atoms with Crippen molar-refractivity contribution in [2.75, 3.05) is 7.11 Å². The van der Waals surface area contributed by atoms with Crippen LogP contribution in [0.15, 0.2) is 65.9 Å². The Morgan fingerprint density at radius 3 is 2.61 bits per heavy atom.